The van der Waals surface area contributed by atoms with Gasteiger partial charge < -0.3 is 0 Å². The number of hydrogen-bond donors (Lipinski definition) is 0. The van der Waals surface area contributed by atoms with Crippen LogP contribution in [0.25, 0.3) is 0 Å². The fraction of sp³-hybridized carbons (Fsp3) is 0.278. The third kappa shape index (κ3) is 3.24. The van der Waals surface area contributed by atoms with Gasteiger partial charge in [-0.05, 0) is 30.4 Å². The SMILES string of the molecule is [CH]1CC(N(Cc2ccccc2)Cc2ccccc2)C1. The Kier molecular flexibility index (Phi) is 3.95. The molecule has 0 atom stereocenters. The van der Waals surface area contributed by atoms with Crippen molar-refractivity contribution in [3.8, 4) is 0 Å². The minimum Gasteiger partial charge on any atom is -0.292 e. The van der Waals surface area contributed by atoms with Gasteiger partial charge in [0.15, 0.2) is 0 Å². The number of nitrogens with zero attached hydrogens (tertiary/aromatic N) is 1. The zero-order chi connectivity index (χ0) is 12.9. The Hall–Kier alpha value is -1.60. The Labute approximate surface area is 115 Å². The Balaban J connectivity index is 1.71. The second kappa shape index (κ2) is 6.03. The first-order chi connectivity index (χ1) is 9.42. The van der Waals surface area contributed by atoms with Crippen LogP contribution in [0.2, 0.25) is 0 Å². The van der Waals surface area contributed by atoms with Crippen LogP contribution in [0, 0.1) is 6.42 Å². The maximum Gasteiger partial charge on any atom is 0.0240 e. The Morgan fingerprint density at radius 1 is 0.737 bits per heavy atom. The lowest BCUT2D eigenvalue weighted by Crippen LogP contribution is -2.39. The first-order valence-corrected chi connectivity index (χ1v) is 7.05. The Morgan fingerprint density at radius 2 is 1.21 bits per heavy atom. The van der Waals surface area contributed by atoms with E-state index in [1.165, 1.54) is 24.0 Å². The van der Waals surface area contributed by atoms with Gasteiger partial charge in [-0.1, -0.05) is 60.7 Å². The lowest BCUT2D eigenvalue weighted by atomic mass is 9.90. The highest BCUT2D eigenvalue weighted by molar-refractivity contribution is 5.18. The maximum atomic E-state index is 2.60. The predicted octanol–water partition coefficient (Wildman–Crippen LogP) is 4.06. The smallest absolute Gasteiger partial charge is 0.0240 e. The van der Waals surface area contributed by atoms with Crippen molar-refractivity contribution in [3.63, 3.8) is 0 Å². The van der Waals surface area contributed by atoms with Crippen LogP contribution in [-0.4, -0.2) is 10.9 Å². The van der Waals surface area contributed by atoms with Gasteiger partial charge in [0.2, 0.25) is 0 Å². The lowest BCUT2D eigenvalue weighted by molar-refractivity contribution is 0.142. The summed E-state index contributed by atoms with van der Waals surface area (Å²) in [5.74, 6) is 0. The summed E-state index contributed by atoms with van der Waals surface area (Å²) in [5, 5.41) is 0. The van der Waals surface area contributed by atoms with Crippen LogP contribution in [0.1, 0.15) is 24.0 Å². The maximum absolute atomic E-state index is 2.60. The summed E-state index contributed by atoms with van der Waals surface area (Å²) in [6, 6.07) is 22.3. The standard InChI is InChI=1S/C18H20N/c1-3-8-16(9-4-1)14-19(18-12-7-13-18)15-17-10-5-2-6-11-17/h1-11,18H,12-15H2. The molecule has 0 aliphatic heterocycles. The molecule has 2 aromatic carbocycles. The molecule has 0 N–H and O–H groups in total. The molecule has 3 rings (SSSR count). The van der Waals surface area contributed by atoms with Crippen LogP contribution in [-0.2, 0) is 13.1 Å². The van der Waals surface area contributed by atoms with Crippen LogP contribution in [0.3, 0.4) is 0 Å². The molecule has 0 bridgehead atoms. The molecule has 1 aliphatic rings. The van der Waals surface area contributed by atoms with Crippen LogP contribution in [0.15, 0.2) is 60.7 Å². The molecule has 0 spiro atoms. The Morgan fingerprint density at radius 3 is 1.58 bits per heavy atom. The molecule has 1 fully saturated rings. The fourth-order valence-corrected chi connectivity index (χ4v) is 2.56. The normalized spacial score (nSPS) is 15.4. The van der Waals surface area contributed by atoms with E-state index in [1.54, 1.807) is 0 Å². The number of rotatable bonds is 5. The highest BCUT2D eigenvalue weighted by Gasteiger charge is 2.25. The molecule has 1 radical (unpaired) electrons. The molecule has 1 aliphatic carbocycles. The summed E-state index contributed by atoms with van der Waals surface area (Å²) in [6.45, 7) is 2.10. The quantitative estimate of drug-likeness (QED) is 0.773. The third-order valence-electron chi connectivity index (χ3n) is 3.85. The number of hydrogen-bond acceptors (Lipinski definition) is 1. The van der Waals surface area contributed by atoms with E-state index in [2.05, 4.69) is 72.0 Å². The predicted molar refractivity (Wildman–Crippen MR) is 79.5 cm³/mol. The summed E-state index contributed by atoms with van der Waals surface area (Å²) in [7, 11) is 0. The van der Waals surface area contributed by atoms with Gasteiger partial charge in [-0.3, -0.25) is 4.90 Å². The molecule has 0 heterocycles. The minimum atomic E-state index is 0.723. The summed E-state index contributed by atoms with van der Waals surface area (Å²) in [5.41, 5.74) is 2.82. The molecule has 97 valence electrons. The molecular weight excluding hydrogens is 230 g/mol. The van der Waals surface area contributed by atoms with Gasteiger partial charge in [-0.15, -0.1) is 0 Å². The van der Waals surface area contributed by atoms with E-state index >= 15 is 0 Å². The second-order valence-corrected chi connectivity index (χ2v) is 5.29. The molecule has 1 heteroatoms. The summed E-state index contributed by atoms with van der Waals surface area (Å²) >= 11 is 0. The van der Waals surface area contributed by atoms with Crippen LogP contribution in [0.5, 0.6) is 0 Å². The molecule has 0 amide bonds. The van der Waals surface area contributed by atoms with Gasteiger partial charge in [0, 0.05) is 19.1 Å². The summed E-state index contributed by atoms with van der Waals surface area (Å²) in [4.78, 5) is 2.60. The monoisotopic (exact) mass is 250 g/mol. The van der Waals surface area contributed by atoms with Crippen molar-refractivity contribution in [3.05, 3.63) is 78.2 Å². The lowest BCUT2D eigenvalue weighted by Gasteiger charge is -2.37. The van der Waals surface area contributed by atoms with Gasteiger partial charge in [0.1, 0.15) is 0 Å². The van der Waals surface area contributed by atoms with Crippen molar-refractivity contribution < 1.29 is 0 Å². The van der Waals surface area contributed by atoms with E-state index in [4.69, 9.17) is 0 Å². The van der Waals surface area contributed by atoms with Gasteiger partial charge in [0.25, 0.3) is 0 Å². The molecular formula is C18H20N. The first-order valence-electron chi connectivity index (χ1n) is 7.05. The fourth-order valence-electron chi connectivity index (χ4n) is 2.56. The van der Waals surface area contributed by atoms with E-state index in [1.807, 2.05) is 0 Å². The van der Waals surface area contributed by atoms with Crippen molar-refractivity contribution in [2.45, 2.75) is 32.0 Å². The van der Waals surface area contributed by atoms with Crippen LogP contribution in [0.4, 0.5) is 0 Å². The van der Waals surface area contributed by atoms with E-state index in [-0.39, 0.29) is 0 Å². The topological polar surface area (TPSA) is 3.24 Å². The van der Waals surface area contributed by atoms with Crippen LogP contribution < -0.4 is 0 Å². The van der Waals surface area contributed by atoms with Gasteiger partial charge in [-0.2, -0.15) is 0 Å². The van der Waals surface area contributed by atoms with Gasteiger partial charge in [-0.25, -0.2) is 0 Å². The molecule has 0 saturated heterocycles. The van der Waals surface area contributed by atoms with E-state index < -0.39 is 0 Å². The Bertz CT molecular complexity index is 446. The highest BCUT2D eigenvalue weighted by Crippen LogP contribution is 2.26. The first kappa shape index (κ1) is 12.4. The molecule has 0 unspecified atom stereocenters. The largest absolute Gasteiger partial charge is 0.292 e. The molecule has 1 nitrogen and oxygen atoms in total. The number of benzene rings is 2. The highest BCUT2D eigenvalue weighted by atomic mass is 15.2. The van der Waals surface area contributed by atoms with Gasteiger partial charge >= 0.3 is 0 Å². The average Bonchev–Trinajstić information content (AvgIpc) is 2.39. The van der Waals surface area contributed by atoms with Crippen molar-refractivity contribution >= 4 is 0 Å². The van der Waals surface area contributed by atoms with E-state index in [0.29, 0.717) is 0 Å². The summed E-state index contributed by atoms with van der Waals surface area (Å²) in [6.07, 6.45) is 4.85. The van der Waals surface area contributed by atoms with E-state index in [9.17, 15) is 0 Å². The molecule has 1 saturated carbocycles. The van der Waals surface area contributed by atoms with E-state index in [0.717, 1.165) is 19.1 Å². The minimum absolute atomic E-state index is 0.723. The zero-order valence-electron chi connectivity index (χ0n) is 11.2. The average molecular weight is 250 g/mol. The van der Waals surface area contributed by atoms with Crippen molar-refractivity contribution in [1.29, 1.82) is 0 Å². The van der Waals surface area contributed by atoms with Crippen LogP contribution >= 0.6 is 0 Å². The molecule has 2 aromatic rings. The summed E-state index contributed by atoms with van der Waals surface area (Å²) < 4.78 is 0. The van der Waals surface area contributed by atoms with Crippen molar-refractivity contribution in [2.24, 2.45) is 0 Å². The second-order valence-electron chi connectivity index (χ2n) is 5.29. The third-order valence-corrected chi connectivity index (χ3v) is 3.85. The van der Waals surface area contributed by atoms with Crippen molar-refractivity contribution in [2.75, 3.05) is 0 Å². The van der Waals surface area contributed by atoms with Crippen molar-refractivity contribution in [1.82, 2.24) is 4.90 Å². The van der Waals surface area contributed by atoms with Gasteiger partial charge in [0.05, 0.1) is 0 Å². The molecule has 19 heavy (non-hydrogen) atoms. The molecule has 0 aromatic heterocycles. The zero-order valence-corrected chi connectivity index (χ0v) is 11.2.